The first-order valence-electron chi connectivity index (χ1n) is 4.78. The lowest BCUT2D eigenvalue weighted by Crippen LogP contribution is -2.23. The van der Waals surface area contributed by atoms with E-state index in [9.17, 15) is 9.90 Å². The summed E-state index contributed by atoms with van der Waals surface area (Å²) in [6, 6.07) is 6.74. The summed E-state index contributed by atoms with van der Waals surface area (Å²) in [4.78, 5) is 19.0. The van der Waals surface area contributed by atoms with Crippen LogP contribution >= 0.6 is 0 Å². The lowest BCUT2D eigenvalue weighted by atomic mass is 10.0. The van der Waals surface area contributed by atoms with Crippen LogP contribution < -0.4 is 5.11 Å². The Morgan fingerprint density at radius 1 is 1.25 bits per heavy atom. The fraction of sp³-hybridized carbons (Fsp3) is 0.0833. The zero-order valence-electron chi connectivity index (χ0n) is 8.68. The lowest BCUT2D eigenvalue weighted by molar-refractivity contribution is -0.254. The van der Waals surface area contributed by atoms with Crippen molar-refractivity contribution in [1.29, 1.82) is 0 Å². The molecule has 0 radical (unpaired) electrons. The smallest absolute Gasteiger partial charge is 0.159 e. The van der Waals surface area contributed by atoms with E-state index in [1.54, 1.807) is 30.6 Å². The van der Waals surface area contributed by atoms with Crippen molar-refractivity contribution >= 4 is 5.97 Å². The van der Waals surface area contributed by atoms with Crippen LogP contribution in [0.1, 0.15) is 15.9 Å². The van der Waals surface area contributed by atoms with E-state index in [0.29, 0.717) is 11.4 Å². The van der Waals surface area contributed by atoms with Crippen LogP contribution in [0.5, 0.6) is 0 Å². The Kier molecular flexibility index (Phi) is 2.64. The summed E-state index contributed by atoms with van der Waals surface area (Å²) in [7, 11) is 0. The van der Waals surface area contributed by atoms with Crippen LogP contribution in [0.2, 0.25) is 0 Å². The minimum absolute atomic E-state index is 0.117. The van der Waals surface area contributed by atoms with Crippen molar-refractivity contribution < 1.29 is 9.90 Å². The van der Waals surface area contributed by atoms with Crippen molar-refractivity contribution in [2.45, 2.75) is 6.92 Å². The molecule has 4 heteroatoms. The Bertz CT molecular complexity index is 524. The van der Waals surface area contributed by atoms with Crippen LogP contribution in [0.3, 0.4) is 0 Å². The standard InChI is InChI=1S/C12H10N2O2/c1-8-3-4-9(10(7-8)12(15)16)11-13-5-2-6-14-11/h2-7H,1H3,(H,15,16)/p-1. The fourth-order valence-electron chi connectivity index (χ4n) is 1.46. The van der Waals surface area contributed by atoms with Gasteiger partial charge >= 0.3 is 0 Å². The minimum atomic E-state index is -1.22. The number of nitrogens with zero attached hydrogens (tertiary/aromatic N) is 2. The normalized spacial score (nSPS) is 10.1. The summed E-state index contributed by atoms with van der Waals surface area (Å²) in [5.41, 5.74) is 1.45. The molecule has 0 aliphatic carbocycles. The third-order valence-corrected chi connectivity index (χ3v) is 2.20. The molecule has 1 aromatic heterocycles. The van der Waals surface area contributed by atoms with Gasteiger partial charge in [0.1, 0.15) is 0 Å². The van der Waals surface area contributed by atoms with E-state index in [0.717, 1.165) is 5.56 Å². The van der Waals surface area contributed by atoms with Crippen LogP contribution in [-0.4, -0.2) is 15.9 Å². The van der Waals surface area contributed by atoms with Crippen molar-refractivity contribution in [2.24, 2.45) is 0 Å². The molecule has 0 saturated heterocycles. The van der Waals surface area contributed by atoms with Gasteiger partial charge in [0.15, 0.2) is 5.82 Å². The molecule has 4 nitrogen and oxygen atoms in total. The van der Waals surface area contributed by atoms with Crippen LogP contribution in [0, 0.1) is 6.92 Å². The summed E-state index contributed by atoms with van der Waals surface area (Å²) in [6.45, 7) is 1.82. The molecule has 80 valence electrons. The van der Waals surface area contributed by atoms with Gasteiger partial charge in [0, 0.05) is 23.5 Å². The second-order valence-corrected chi connectivity index (χ2v) is 3.41. The average Bonchev–Trinajstić information content (AvgIpc) is 2.30. The number of carbonyl (C=O) groups is 1. The number of aromatic carboxylic acids is 1. The van der Waals surface area contributed by atoms with Gasteiger partial charge < -0.3 is 9.90 Å². The summed E-state index contributed by atoms with van der Waals surface area (Å²) >= 11 is 0. The quantitative estimate of drug-likeness (QED) is 0.740. The van der Waals surface area contributed by atoms with Gasteiger partial charge in [-0.15, -0.1) is 0 Å². The highest BCUT2D eigenvalue weighted by Gasteiger charge is 2.07. The highest BCUT2D eigenvalue weighted by Crippen LogP contribution is 2.20. The van der Waals surface area contributed by atoms with Crippen molar-refractivity contribution in [1.82, 2.24) is 9.97 Å². The van der Waals surface area contributed by atoms with Crippen LogP contribution in [0.25, 0.3) is 11.4 Å². The van der Waals surface area contributed by atoms with E-state index >= 15 is 0 Å². The van der Waals surface area contributed by atoms with Crippen LogP contribution in [0.4, 0.5) is 0 Å². The first-order valence-corrected chi connectivity index (χ1v) is 4.78. The fourth-order valence-corrected chi connectivity index (χ4v) is 1.46. The minimum Gasteiger partial charge on any atom is -0.545 e. The third kappa shape index (κ3) is 1.91. The summed E-state index contributed by atoms with van der Waals surface area (Å²) in [5, 5.41) is 11.0. The molecular formula is C12H9N2O2-. The maximum Gasteiger partial charge on any atom is 0.159 e. The maximum absolute atomic E-state index is 11.0. The van der Waals surface area contributed by atoms with Crippen molar-refractivity contribution in [3.8, 4) is 11.4 Å². The molecule has 0 N–H and O–H groups in total. The lowest BCUT2D eigenvalue weighted by Gasteiger charge is -2.09. The summed E-state index contributed by atoms with van der Waals surface area (Å²) in [5.74, 6) is -0.826. The molecule has 0 aliphatic heterocycles. The van der Waals surface area contributed by atoms with E-state index < -0.39 is 5.97 Å². The Labute approximate surface area is 92.6 Å². The number of hydrogen-bond donors (Lipinski definition) is 0. The monoisotopic (exact) mass is 213 g/mol. The van der Waals surface area contributed by atoms with Gasteiger partial charge in [0.25, 0.3) is 0 Å². The number of carboxylic acid groups (broad SMARTS) is 1. The second kappa shape index (κ2) is 4.10. The maximum atomic E-state index is 11.0. The SMILES string of the molecule is Cc1ccc(-c2ncccn2)c(C(=O)[O-])c1. The predicted octanol–water partition coefficient (Wildman–Crippen LogP) is 0.816. The zero-order valence-corrected chi connectivity index (χ0v) is 8.68. The van der Waals surface area contributed by atoms with E-state index in [1.807, 2.05) is 13.0 Å². The number of carbonyl (C=O) groups excluding carboxylic acids is 1. The average molecular weight is 213 g/mol. The van der Waals surface area contributed by atoms with E-state index in [-0.39, 0.29) is 5.56 Å². The molecule has 2 rings (SSSR count). The van der Waals surface area contributed by atoms with Gasteiger partial charge in [0.2, 0.25) is 0 Å². The molecule has 16 heavy (non-hydrogen) atoms. The van der Waals surface area contributed by atoms with E-state index in [4.69, 9.17) is 0 Å². The number of aromatic nitrogens is 2. The third-order valence-electron chi connectivity index (χ3n) is 2.20. The van der Waals surface area contributed by atoms with Gasteiger partial charge in [-0.05, 0) is 19.1 Å². The Balaban J connectivity index is 2.61. The number of hydrogen-bond acceptors (Lipinski definition) is 4. The molecule has 0 fully saturated rings. The first kappa shape index (κ1) is 10.3. The molecule has 0 atom stereocenters. The molecule has 0 amide bonds. The first-order chi connectivity index (χ1) is 7.68. The number of aryl methyl sites for hydroxylation is 1. The van der Waals surface area contributed by atoms with Gasteiger partial charge in [0.05, 0.1) is 5.97 Å². The molecule has 0 unspecified atom stereocenters. The Morgan fingerprint density at radius 3 is 2.56 bits per heavy atom. The topological polar surface area (TPSA) is 65.9 Å². The molecule has 2 aromatic rings. The highest BCUT2D eigenvalue weighted by molar-refractivity contribution is 5.93. The molecule has 1 aromatic carbocycles. The van der Waals surface area contributed by atoms with Gasteiger partial charge in [-0.2, -0.15) is 0 Å². The number of benzene rings is 1. The van der Waals surface area contributed by atoms with Crippen molar-refractivity contribution in [2.75, 3.05) is 0 Å². The second-order valence-electron chi connectivity index (χ2n) is 3.41. The summed E-state index contributed by atoms with van der Waals surface area (Å²) < 4.78 is 0. The molecule has 0 saturated carbocycles. The Hall–Kier alpha value is -2.23. The molecule has 1 heterocycles. The number of rotatable bonds is 2. The van der Waals surface area contributed by atoms with Gasteiger partial charge in [-0.25, -0.2) is 9.97 Å². The predicted molar refractivity (Wildman–Crippen MR) is 56.5 cm³/mol. The molecule has 0 aliphatic rings. The molecule has 0 spiro atoms. The molecular weight excluding hydrogens is 204 g/mol. The molecule has 0 bridgehead atoms. The van der Waals surface area contributed by atoms with Crippen molar-refractivity contribution in [3.63, 3.8) is 0 Å². The van der Waals surface area contributed by atoms with Gasteiger partial charge in [-0.3, -0.25) is 0 Å². The van der Waals surface area contributed by atoms with Crippen LogP contribution in [-0.2, 0) is 0 Å². The number of carboxylic acids is 1. The van der Waals surface area contributed by atoms with Gasteiger partial charge in [-0.1, -0.05) is 17.7 Å². The van der Waals surface area contributed by atoms with Crippen molar-refractivity contribution in [3.05, 3.63) is 47.8 Å². The zero-order chi connectivity index (χ0) is 11.5. The summed E-state index contributed by atoms with van der Waals surface area (Å²) in [6.07, 6.45) is 3.14. The van der Waals surface area contributed by atoms with E-state index in [2.05, 4.69) is 9.97 Å². The Morgan fingerprint density at radius 2 is 1.94 bits per heavy atom. The van der Waals surface area contributed by atoms with Crippen LogP contribution in [0.15, 0.2) is 36.7 Å². The highest BCUT2D eigenvalue weighted by atomic mass is 16.4. The van der Waals surface area contributed by atoms with E-state index in [1.165, 1.54) is 0 Å². The largest absolute Gasteiger partial charge is 0.545 e.